The minimum atomic E-state index is 0.255. The highest BCUT2D eigenvalue weighted by Crippen LogP contribution is 2.23. The monoisotopic (exact) mass is 301 g/mol. The molecular formula is C12H16BrNOS. The van der Waals surface area contributed by atoms with Crippen LogP contribution in [0.1, 0.15) is 29.4 Å². The van der Waals surface area contributed by atoms with Crippen molar-refractivity contribution < 1.29 is 4.79 Å². The fourth-order valence-electron chi connectivity index (χ4n) is 1.97. The van der Waals surface area contributed by atoms with Crippen molar-refractivity contribution in [3.05, 3.63) is 20.8 Å². The van der Waals surface area contributed by atoms with Gasteiger partial charge in [0.1, 0.15) is 0 Å². The Morgan fingerprint density at radius 2 is 2.19 bits per heavy atom. The van der Waals surface area contributed by atoms with E-state index in [1.165, 1.54) is 24.2 Å². The summed E-state index contributed by atoms with van der Waals surface area (Å²) in [4.78, 5) is 15.1. The number of ketones is 1. The molecule has 0 atom stereocenters. The van der Waals surface area contributed by atoms with Crippen LogP contribution in [0, 0.1) is 5.92 Å². The van der Waals surface area contributed by atoms with Crippen LogP contribution in [-0.4, -0.2) is 30.3 Å². The van der Waals surface area contributed by atoms with E-state index >= 15 is 0 Å². The second-order valence-corrected chi connectivity index (χ2v) is 6.95. The highest BCUT2D eigenvalue weighted by atomic mass is 79.9. The zero-order valence-corrected chi connectivity index (χ0v) is 11.8. The number of halogens is 1. The summed E-state index contributed by atoms with van der Waals surface area (Å²) in [5, 5.41) is 0. The van der Waals surface area contributed by atoms with Crippen molar-refractivity contribution in [2.75, 3.05) is 19.6 Å². The second kappa shape index (κ2) is 5.43. The molecule has 0 aromatic carbocycles. The Bertz CT molecular complexity index is 369. The van der Waals surface area contributed by atoms with Gasteiger partial charge in [-0.3, -0.25) is 9.69 Å². The maximum Gasteiger partial charge on any atom is 0.186 e. The molecule has 16 heavy (non-hydrogen) atoms. The predicted octanol–water partition coefficient (Wildman–Crippen LogP) is 3.43. The maximum absolute atomic E-state index is 12.0. The Labute approximate surface area is 109 Å². The first-order valence-corrected chi connectivity index (χ1v) is 7.27. The summed E-state index contributed by atoms with van der Waals surface area (Å²) in [6, 6.07) is 3.85. The number of hydrogen-bond acceptors (Lipinski definition) is 3. The molecule has 0 unspecified atom stereocenters. The van der Waals surface area contributed by atoms with Gasteiger partial charge in [0.2, 0.25) is 0 Å². The van der Waals surface area contributed by atoms with E-state index < -0.39 is 0 Å². The number of carbonyl (C=O) groups excluding carboxylic acids is 1. The van der Waals surface area contributed by atoms with Crippen molar-refractivity contribution in [3.8, 4) is 0 Å². The van der Waals surface area contributed by atoms with E-state index in [1.807, 2.05) is 12.1 Å². The van der Waals surface area contributed by atoms with Crippen LogP contribution in [-0.2, 0) is 0 Å². The molecule has 88 valence electrons. The third-order valence-corrected chi connectivity index (χ3v) is 4.76. The van der Waals surface area contributed by atoms with E-state index in [1.54, 1.807) is 0 Å². The van der Waals surface area contributed by atoms with Gasteiger partial charge in [-0.1, -0.05) is 6.92 Å². The van der Waals surface area contributed by atoms with Crippen LogP contribution in [0.5, 0.6) is 0 Å². The highest BCUT2D eigenvalue weighted by Gasteiger charge is 2.19. The largest absolute Gasteiger partial charge is 0.296 e. The van der Waals surface area contributed by atoms with Gasteiger partial charge in [0.05, 0.1) is 15.2 Å². The Kier molecular flexibility index (Phi) is 4.16. The average Bonchev–Trinajstić information content (AvgIpc) is 2.68. The minimum absolute atomic E-state index is 0.255. The molecule has 1 aromatic rings. The summed E-state index contributed by atoms with van der Waals surface area (Å²) in [6.45, 7) is 5.01. The fourth-order valence-corrected chi connectivity index (χ4v) is 3.28. The topological polar surface area (TPSA) is 20.3 Å². The van der Waals surface area contributed by atoms with Gasteiger partial charge in [-0.25, -0.2) is 0 Å². The molecule has 2 rings (SSSR count). The zero-order chi connectivity index (χ0) is 11.5. The van der Waals surface area contributed by atoms with Crippen LogP contribution in [0.4, 0.5) is 0 Å². The number of piperidine rings is 1. The van der Waals surface area contributed by atoms with Crippen LogP contribution >= 0.6 is 27.3 Å². The molecule has 2 nitrogen and oxygen atoms in total. The Morgan fingerprint density at radius 3 is 2.75 bits per heavy atom. The summed E-state index contributed by atoms with van der Waals surface area (Å²) < 4.78 is 1.03. The van der Waals surface area contributed by atoms with Crippen molar-refractivity contribution in [2.24, 2.45) is 5.92 Å². The number of nitrogens with zero attached hydrogens (tertiary/aromatic N) is 1. The zero-order valence-electron chi connectivity index (χ0n) is 9.41. The average molecular weight is 302 g/mol. The van der Waals surface area contributed by atoms with Gasteiger partial charge in [0.25, 0.3) is 0 Å². The number of rotatable bonds is 3. The minimum Gasteiger partial charge on any atom is -0.296 e. The molecule has 1 saturated heterocycles. The first-order chi connectivity index (χ1) is 7.65. The Hall–Kier alpha value is -0.190. The number of thiophene rings is 1. The quantitative estimate of drug-likeness (QED) is 0.797. The fraction of sp³-hybridized carbons (Fsp3) is 0.583. The van der Waals surface area contributed by atoms with Crippen molar-refractivity contribution in [1.29, 1.82) is 0 Å². The van der Waals surface area contributed by atoms with E-state index in [9.17, 15) is 4.79 Å². The normalized spacial score (nSPS) is 18.9. The van der Waals surface area contributed by atoms with Crippen LogP contribution in [0.25, 0.3) is 0 Å². The smallest absolute Gasteiger partial charge is 0.186 e. The van der Waals surface area contributed by atoms with Gasteiger partial charge >= 0.3 is 0 Å². The molecule has 0 amide bonds. The molecule has 0 aliphatic carbocycles. The van der Waals surface area contributed by atoms with E-state index in [-0.39, 0.29) is 5.78 Å². The van der Waals surface area contributed by atoms with Crippen LogP contribution in [0.15, 0.2) is 15.9 Å². The predicted molar refractivity (Wildman–Crippen MR) is 71.2 cm³/mol. The summed E-state index contributed by atoms with van der Waals surface area (Å²) in [5.41, 5.74) is 0. The summed E-state index contributed by atoms with van der Waals surface area (Å²) >= 11 is 4.91. The van der Waals surface area contributed by atoms with E-state index in [0.29, 0.717) is 6.54 Å². The molecule has 0 radical (unpaired) electrons. The van der Waals surface area contributed by atoms with Crippen molar-refractivity contribution in [3.63, 3.8) is 0 Å². The summed E-state index contributed by atoms with van der Waals surface area (Å²) in [7, 11) is 0. The van der Waals surface area contributed by atoms with Gasteiger partial charge in [0.15, 0.2) is 5.78 Å². The number of Topliss-reactive ketones (excluding diaryl/α,β-unsaturated/α-hetero) is 1. The third kappa shape index (κ3) is 3.15. The lowest BCUT2D eigenvalue weighted by Gasteiger charge is -2.29. The lowest BCUT2D eigenvalue weighted by atomic mass is 9.99. The Morgan fingerprint density at radius 1 is 1.50 bits per heavy atom. The summed E-state index contributed by atoms with van der Waals surface area (Å²) in [5.74, 6) is 1.08. The van der Waals surface area contributed by atoms with E-state index in [2.05, 4.69) is 27.8 Å². The van der Waals surface area contributed by atoms with Crippen molar-refractivity contribution >= 4 is 33.0 Å². The lowest BCUT2D eigenvalue weighted by Crippen LogP contribution is -2.36. The van der Waals surface area contributed by atoms with Gasteiger partial charge in [-0.15, -0.1) is 11.3 Å². The molecule has 0 bridgehead atoms. The first-order valence-electron chi connectivity index (χ1n) is 5.66. The van der Waals surface area contributed by atoms with Crippen LogP contribution in [0.2, 0.25) is 0 Å². The number of carbonyl (C=O) groups is 1. The molecule has 0 spiro atoms. The first kappa shape index (κ1) is 12.3. The van der Waals surface area contributed by atoms with Crippen molar-refractivity contribution in [2.45, 2.75) is 19.8 Å². The summed E-state index contributed by atoms with van der Waals surface area (Å²) in [6.07, 6.45) is 2.45. The van der Waals surface area contributed by atoms with Gasteiger partial charge in [-0.2, -0.15) is 0 Å². The molecule has 1 fully saturated rings. The second-order valence-electron chi connectivity index (χ2n) is 4.49. The molecule has 1 aliphatic heterocycles. The van der Waals surface area contributed by atoms with E-state index in [0.717, 1.165) is 27.7 Å². The lowest BCUT2D eigenvalue weighted by molar-refractivity contribution is 0.0904. The number of hydrogen-bond donors (Lipinski definition) is 0. The number of likely N-dealkylation sites (tertiary alicyclic amines) is 1. The van der Waals surface area contributed by atoms with E-state index in [4.69, 9.17) is 0 Å². The SMILES string of the molecule is CC1CCN(CC(=O)c2ccc(Br)s2)CC1. The molecule has 0 N–H and O–H groups in total. The Balaban J connectivity index is 1.88. The standard InChI is InChI=1S/C12H16BrNOS/c1-9-4-6-14(7-5-9)8-10(15)11-2-3-12(13)16-11/h2-3,9H,4-8H2,1H3. The molecule has 2 heterocycles. The van der Waals surface area contributed by atoms with Gasteiger partial charge < -0.3 is 0 Å². The molecule has 0 saturated carbocycles. The van der Waals surface area contributed by atoms with Crippen LogP contribution < -0.4 is 0 Å². The molecule has 1 aromatic heterocycles. The maximum atomic E-state index is 12.0. The molecule has 4 heteroatoms. The van der Waals surface area contributed by atoms with Crippen molar-refractivity contribution in [1.82, 2.24) is 4.90 Å². The third-order valence-electron chi connectivity index (χ3n) is 3.09. The molecule has 1 aliphatic rings. The molecular weight excluding hydrogens is 286 g/mol. The van der Waals surface area contributed by atoms with Gasteiger partial charge in [-0.05, 0) is 59.9 Å². The highest BCUT2D eigenvalue weighted by molar-refractivity contribution is 9.11. The van der Waals surface area contributed by atoms with Gasteiger partial charge in [0, 0.05) is 0 Å². The van der Waals surface area contributed by atoms with Crippen LogP contribution in [0.3, 0.4) is 0 Å².